The van der Waals surface area contributed by atoms with Crippen LogP contribution in [-0.4, -0.2) is 67.8 Å². The summed E-state index contributed by atoms with van der Waals surface area (Å²) in [6.45, 7) is 8.95. The van der Waals surface area contributed by atoms with E-state index in [1.54, 1.807) is 4.90 Å². The van der Waals surface area contributed by atoms with Gasteiger partial charge < -0.3 is 4.90 Å². The third-order valence-electron chi connectivity index (χ3n) is 4.74. The van der Waals surface area contributed by atoms with Crippen molar-refractivity contribution < 1.29 is 18.0 Å². The predicted octanol–water partition coefficient (Wildman–Crippen LogP) is 2.49. The first-order valence-electron chi connectivity index (χ1n) is 8.94. The second-order valence-corrected chi connectivity index (χ2v) is 6.43. The number of alkyl halides is 3. The van der Waals surface area contributed by atoms with Crippen molar-refractivity contribution in [1.82, 2.24) is 30.0 Å². The Kier molecular flexibility index (Phi) is 6.74. The molecule has 7 nitrogen and oxygen atoms in total. The van der Waals surface area contributed by atoms with Crippen molar-refractivity contribution in [3.63, 3.8) is 0 Å². The molecule has 1 saturated heterocycles. The van der Waals surface area contributed by atoms with Crippen LogP contribution in [0.15, 0.2) is 17.7 Å². The van der Waals surface area contributed by atoms with E-state index in [0.29, 0.717) is 44.1 Å². The van der Waals surface area contributed by atoms with Crippen LogP contribution in [0.25, 0.3) is 5.70 Å². The molecule has 2 rings (SSSR count). The molecule has 0 spiro atoms. The van der Waals surface area contributed by atoms with Crippen LogP contribution in [0.2, 0.25) is 0 Å². The average Bonchev–Trinajstić information content (AvgIpc) is 3.07. The van der Waals surface area contributed by atoms with Gasteiger partial charge in [-0.2, -0.15) is 13.2 Å². The Morgan fingerprint density at radius 2 is 1.96 bits per heavy atom. The molecule has 0 radical (unpaired) electrons. The number of tetrazole rings is 1. The molecule has 1 fully saturated rings. The molecule has 1 aromatic rings. The smallest absolute Gasteiger partial charge is 0.340 e. The minimum absolute atomic E-state index is 0.0535. The van der Waals surface area contributed by atoms with Gasteiger partial charge in [0.25, 0.3) is 0 Å². The van der Waals surface area contributed by atoms with Gasteiger partial charge in [0.15, 0.2) is 5.82 Å². The summed E-state index contributed by atoms with van der Waals surface area (Å²) in [4.78, 5) is 16.1. The molecule has 1 aromatic heterocycles. The first-order chi connectivity index (χ1) is 12.7. The number of carbonyl (C=O) groups excluding carboxylic acids is 1. The Bertz CT molecular complexity index is 724. The van der Waals surface area contributed by atoms with Crippen LogP contribution in [0, 0.1) is 0 Å². The highest BCUT2D eigenvalue weighted by Gasteiger charge is 2.32. The molecular weight excluding hydrogens is 361 g/mol. The van der Waals surface area contributed by atoms with Crippen LogP contribution in [0.5, 0.6) is 0 Å². The van der Waals surface area contributed by atoms with E-state index in [2.05, 4.69) is 15.5 Å². The van der Waals surface area contributed by atoms with Crippen molar-refractivity contribution in [2.75, 3.05) is 19.6 Å². The van der Waals surface area contributed by atoms with Gasteiger partial charge in [-0.05, 0) is 43.7 Å². The molecule has 2 heterocycles. The number of amides is 1. The van der Waals surface area contributed by atoms with Crippen molar-refractivity contribution in [3.8, 4) is 0 Å². The summed E-state index contributed by atoms with van der Waals surface area (Å²) < 4.78 is 39.5. The first-order valence-corrected chi connectivity index (χ1v) is 8.94. The molecule has 1 amide bonds. The Balaban J connectivity index is 2.21. The summed E-state index contributed by atoms with van der Waals surface area (Å²) in [5.41, 5.74) is -0.150. The highest BCUT2D eigenvalue weighted by molar-refractivity contribution is 5.82. The summed E-state index contributed by atoms with van der Waals surface area (Å²) in [7, 11) is 0. The van der Waals surface area contributed by atoms with Crippen molar-refractivity contribution in [2.24, 2.45) is 0 Å². The number of aromatic nitrogens is 4. The Labute approximate surface area is 156 Å². The molecule has 0 bridgehead atoms. The topological polar surface area (TPSA) is 67.2 Å². The van der Waals surface area contributed by atoms with Crippen molar-refractivity contribution in [3.05, 3.63) is 23.5 Å². The van der Waals surface area contributed by atoms with E-state index in [9.17, 15) is 18.0 Å². The minimum Gasteiger partial charge on any atom is -0.340 e. The highest BCUT2D eigenvalue weighted by Crippen LogP contribution is 2.25. The van der Waals surface area contributed by atoms with Gasteiger partial charge in [-0.3, -0.25) is 9.69 Å². The Hall–Kier alpha value is -2.23. The molecule has 1 aliphatic heterocycles. The zero-order chi connectivity index (χ0) is 20.2. The van der Waals surface area contributed by atoms with E-state index in [-0.39, 0.29) is 11.9 Å². The summed E-state index contributed by atoms with van der Waals surface area (Å²) in [5, 5.41) is 11.6. The molecule has 10 heteroatoms. The monoisotopic (exact) mass is 386 g/mol. The molecule has 150 valence electrons. The maximum Gasteiger partial charge on any atom is 0.412 e. The number of likely N-dealkylation sites (N-methyl/N-ethyl adjacent to an activating group) is 1. The lowest BCUT2D eigenvalue weighted by atomic mass is 10.1. The van der Waals surface area contributed by atoms with Crippen LogP contribution in [-0.2, 0) is 11.3 Å². The van der Waals surface area contributed by atoms with Crippen LogP contribution >= 0.6 is 0 Å². The lowest BCUT2D eigenvalue weighted by Crippen LogP contribution is -2.55. The number of hydrogen-bond donors (Lipinski definition) is 0. The first kappa shape index (κ1) is 21.1. The van der Waals surface area contributed by atoms with E-state index in [0.717, 1.165) is 13.0 Å². The van der Waals surface area contributed by atoms with Crippen LogP contribution in [0.1, 0.15) is 39.9 Å². The summed E-state index contributed by atoms with van der Waals surface area (Å²) >= 11 is 0. The van der Waals surface area contributed by atoms with Gasteiger partial charge in [-0.1, -0.05) is 13.0 Å². The number of piperazine rings is 1. The van der Waals surface area contributed by atoms with Crippen molar-refractivity contribution in [1.29, 1.82) is 0 Å². The molecule has 1 aliphatic rings. The Morgan fingerprint density at radius 3 is 2.56 bits per heavy atom. The van der Waals surface area contributed by atoms with Gasteiger partial charge >= 0.3 is 6.18 Å². The van der Waals surface area contributed by atoms with Crippen molar-refractivity contribution >= 4 is 11.6 Å². The third-order valence-corrected chi connectivity index (χ3v) is 4.74. The minimum atomic E-state index is -4.37. The number of allylic oxidation sites excluding steroid dienone is 4. The zero-order valence-electron chi connectivity index (χ0n) is 16.0. The molecule has 27 heavy (non-hydrogen) atoms. The van der Waals surface area contributed by atoms with Gasteiger partial charge in [-0.15, -0.1) is 5.10 Å². The summed E-state index contributed by atoms with van der Waals surface area (Å²) in [6, 6.07) is -0.301. The SMILES string of the molecule is CCC(=CC=C(C)C(F)(F)F)n1nnnc1CN1CCN(CC)C(=O)C1C. The molecule has 0 saturated carbocycles. The van der Waals surface area contributed by atoms with Crippen LogP contribution in [0.3, 0.4) is 0 Å². The predicted molar refractivity (Wildman–Crippen MR) is 94.3 cm³/mol. The average molecular weight is 386 g/mol. The third kappa shape index (κ3) is 4.94. The molecule has 0 N–H and O–H groups in total. The van der Waals surface area contributed by atoms with Crippen molar-refractivity contribution in [2.45, 2.75) is 52.9 Å². The molecule has 1 atom stereocenters. The fourth-order valence-electron chi connectivity index (χ4n) is 2.87. The van der Waals surface area contributed by atoms with Gasteiger partial charge in [0.2, 0.25) is 5.91 Å². The number of halogens is 3. The fraction of sp³-hybridized carbons (Fsp3) is 0.647. The van der Waals surface area contributed by atoms with E-state index in [1.165, 1.54) is 10.8 Å². The number of rotatable bonds is 6. The molecule has 0 aliphatic carbocycles. The zero-order valence-corrected chi connectivity index (χ0v) is 16.0. The maximum atomic E-state index is 12.7. The van der Waals surface area contributed by atoms with E-state index in [1.807, 2.05) is 25.7 Å². The normalized spacial score (nSPS) is 20.5. The number of nitrogens with zero attached hydrogens (tertiary/aromatic N) is 6. The van der Waals surface area contributed by atoms with E-state index >= 15 is 0 Å². The second-order valence-electron chi connectivity index (χ2n) is 6.43. The lowest BCUT2D eigenvalue weighted by molar-refractivity contribution is -0.141. The largest absolute Gasteiger partial charge is 0.412 e. The van der Waals surface area contributed by atoms with E-state index < -0.39 is 11.7 Å². The number of carbonyl (C=O) groups is 1. The fourth-order valence-corrected chi connectivity index (χ4v) is 2.87. The van der Waals surface area contributed by atoms with E-state index in [4.69, 9.17) is 0 Å². The van der Waals surface area contributed by atoms with Gasteiger partial charge in [0.1, 0.15) is 0 Å². The maximum absolute atomic E-state index is 12.7. The van der Waals surface area contributed by atoms with Gasteiger partial charge in [0, 0.05) is 30.9 Å². The molecular formula is C17H25F3N6O. The second kappa shape index (κ2) is 8.64. The lowest BCUT2D eigenvalue weighted by Gasteiger charge is -2.38. The molecule has 0 aromatic carbocycles. The van der Waals surface area contributed by atoms with Crippen LogP contribution < -0.4 is 0 Å². The quantitative estimate of drug-likeness (QED) is 0.703. The summed E-state index contributed by atoms with van der Waals surface area (Å²) in [6.07, 6.45) is -1.51. The molecule has 1 unspecified atom stereocenters. The van der Waals surface area contributed by atoms with Gasteiger partial charge in [-0.25, -0.2) is 4.68 Å². The number of hydrogen-bond acceptors (Lipinski definition) is 5. The standard InChI is InChI=1S/C17H25F3N6O/c1-5-14(8-7-12(3)17(18,19)20)26-15(21-22-23-26)11-25-10-9-24(6-2)16(27)13(25)4/h7-8,13H,5-6,9-11H2,1-4H3. The summed E-state index contributed by atoms with van der Waals surface area (Å²) in [5.74, 6) is 0.545. The Morgan fingerprint density at radius 1 is 1.26 bits per heavy atom. The highest BCUT2D eigenvalue weighted by atomic mass is 19.4. The van der Waals surface area contributed by atoms with Crippen LogP contribution in [0.4, 0.5) is 13.2 Å². The van der Waals surface area contributed by atoms with Gasteiger partial charge in [0.05, 0.1) is 12.6 Å².